The van der Waals surface area contributed by atoms with Gasteiger partial charge < -0.3 is 4.74 Å². The van der Waals surface area contributed by atoms with Crippen LogP contribution in [0.25, 0.3) is 0 Å². The van der Waals surface area contributed by atoms with E-state index >= 15 is 0 Å². The largest absolute Gasteiger partial charge is 0.462 e. The molecule has 10 atom stereocenters. The van der Waals surface area contributed by atoms with Crippen LogP contribution in [0.4, 0.5) is 0 Å². The van der Waals surface area contributed by atoms with Crippen molar-refractivity contribution in [3.63, 3.8) is 0 Å². The first-order chi connectivity index (χ1) is 15.7. The molecule has 33 heavy (non-hydrogen) atoms. The fraction of sp³-hybridized carbons (Fsp3) is 0.968. The van der Waals surface area contributed by atoms with Gasteiger partial charge in [0.15, 0.2) is 0 Å². The lowest BCUT2D eigenvalue weighted by Crippen LogP contribution is -2.61. The van der Waals surface area contributed by atoms with Crippen LogP contribution in [0.1, 0.15) is 131 Å². The molecule has 0 aromatic heterocycles. The third-order valence-corrected chi connectivity index (χ3v) is 12.7. The number of esters is 1. The number of carbonyl (C=O) groups excluding carboxylic acids is 1. The second-order valence-corrected chi connectivity index (χ2v) is 14.1. The van der Waals surface area contributed by atoms with Gasteiger partial charge in [0.1, 0.15) is 6.10 Å². The highest BCUT2D eigenvalue weighted by Crippen LogP contribution is 2.71. The molecule has 2 heteroatoms. The predicted molar refractivity (Wildman–Crippen MR) is 136 cm³/mol. The van der Waals surface area contributed by atoms with Gasteiger partial charge in [0.25, 0.3) is 0 Å². The van der Waals surface area contributed by atoms with Gasteiger partial charge in [0.05, 0.1) is 0 Å². The highest BCUT2D eigenvalue weighted by atomic mass is 16.5. The Morgan fingerprint density at radius 2 is 1.55 bits per heavy atom. The maximum absolute atomic E-state index is 12.5. The van der Waals surface area contributed by atoms with E-state index in [1.165, 1.54) is 64.2 Å². The summed E-state index contributed by atoms with van der Waals surface area (Å²) in [5, 5.41) is 0. The Labute approximate surface area is 204 Å². The summed E-state index contributed by atoms with van der Waals surface area (Å²) in [5.41, 5.74) is 1.65. The Kier molecular flexibility index (Phi) is 6.48. The van der Waals surface area contributed by atoms with E-state index in [0.29, 0.717) is 28.6 Å². The Morgan fingerprint density at radius 1 is 0.818 bits per heavy atom. The fourth-order valence-electron chi connectivity index (χ4n) is 11.1. The van der Waals surface area contributed by atoms with Crippen LogP contribution >= 0.6 is 0 Å². The number of hydrogen-bond donors (Lipinski definition) is 0. The van der Waals surface area contributed by atoms with Crippen molar-refractivity contribution in [1.82, 2.24) is 0 Å². The van der Waals surface area contributed by atoms with Crippen molar-refractivity contribution in [2.45, 2.75) is 137 Å². The zero-order valence-electron chi connectivity index (χ0n) is 22.5. The van der Waals surface area contributed by atoms with Gasteiger partial charge in [-0.15, -0.1) is 0 Å². The maximum Gasteiger partial charge on any atom is 0.306 e. The molecule has 0 amide bonds. The van der Waals surface area contributed by atoms with Crippen LogP contribution in [-0.4, -0.2) is 12.1 Å². The van der Waals surface area contributed by atoms with Crippen molar-refractivity contribution >= 4 is 5.97 Å². The average Bonchev–Trinajstić information content (AvgIpc) is 3.18. The molecule has 5 aliphatic rings. The molecular weight excluding hydrogens is 404 g/mol. The van der Waals surface area contributed by atoms with Crippen molar-refractivity contribution in [2.75, 3.05) is 0 Å². The first-order valence-electron chi connectivity index (χ1n) is 14.9. The highest BCUT2D eigenvalue weighted by Gasteiger charge is 2.64. The second-order valence-electron chi connectivity index (χ2n) is 14.1. The zero-order valence-corrected chi connectivity index (χ0v) is 22.5. The molecule has 5 aliphatic carbocycles. The Bertz CT molecular complexity index is 730. The topological polar surface area (TPSA) is 26.3 Å². The molecule has 0 aliphatic heterocycles. The third kappa shape index (κ3) is 3.83. The lowest BCUT2D eigenvalue weighted by Gasteiger charge is -2.67. The molecule has 0 aromatic carbocycles. The van der Waals surface area contributed by atoms with Crippen molar-refractivity contribution < 1.29 is 9.53 Å². The highest BCUT2D eigenvalue weighted by molar-refractivity contribution is 5.69. The van der Waals surface area contributed by atoms with Gasteiger partial charge >= 0.3 is 5.97 Å². The molecule has 10 unspecified atom stereocenters. The molecule has 0 spiro atoms. The standard InChI is InChI=1S/C31H52O2/c1-6-7-8-11-28(32)33-26-16-20-30(4)23(21(26)2)15-19-31(5)25-14-18-29(3)17-9-10-24(29)22(25)12-13-27(30)31/h21-27H,6-20H2,1-5H3. The van der Waals surface area contributed by atoms with Gasteiger partial charge in [-0.3, -0.25) is 4.79 Å². The first kappa shape index (κ1) is 24.2. The van der Waals surface area contributed by atoms with Gasteiger partial charge in [-0.1, -0.05) is 53.9 Å². The molecular formula is C31H52O2. The normalized spacial score (nSPS) is 51.1. The number of rotatable bonds is 5. The van der Waals surface area contributed by atoms with Crippen molar-refractivity contribution in [1.29, 1.82) is 0 Å². The zero-order chi connectivity index (χ0) is 23.4. The number of ether oxygens (including phenoxy) is 1. The number of fused-ring (bicyclic) bond motifs is 7. The molecule has 0 N–H and O–H groups in total. The minimum Gasteiger partial charge on any atom is -0.462 e. The van der Waals surface area contributed by atoms with Gasteiger partial charge in [0, 0.05) is 6.42 Å². The van der Waals surface area contributed by atoms with Crippen LogP contribution in [-0.2, 0) is 9.53 Å². The SMILES string of the molecule is CCCCCC(=O)OC1CCC2(C)C(CCC3(C)C4CCC5(C)CCCC5C4CCC23)C1C. The van der Waals surface area contributed by atoms with Gasteiger partial charge in [0.2, 0.25) is 0 Å². The summed E-state index contributed by atoms with van der Waals surface area (Å²) in [7, 11) is 0. The Hall–Kier alpha value is -0.530. The minimum atomic E-state index is 0.0619. The van der Waals surface area contributed by atoms with Crippen LogP contribution in [0.2, 0.25) is 0 Å². The van der Waals surface area contributed by atoms with Crippen LogP contribution in [0.3, 0.4) is 0 Å². The van der Waals surface area contributed by atoms with Gasteiger partial charge in [-0.2, -0.15) is 0 Å². The van der Waals surface area contributed by atoms with E-state index < -0.39 is 0 Å². The van der Waals surface area contributed by atoms with Crippen molar-refractivity contribution in [3.05, 3.63) is 0 Å². The lowest BCUT2D eigenvalue weighted by atomic mass is 9.38. The third-order valence-electron chi connectivity index (χ3n) is 12.7. The summed E-state index contributed by atoms with van der Waals surface area (Å²) < 4.78 is 6.11. The predicted octanol–water partition coefficient (Wildman–Crippen LogP) is 8.57. The summed E-state index contributed by atoms with van der Waals surface area (Å²) >= 11 is 0. The maximum atomic E-state index is 12.5. The van der Waals surface area contributed by atoms with Gasteiger partial charge in [-0.05, 0) is 122 Å². The minimum absolute atomic E-state index is 0.0619. The lowest BCUT2D eigenvalue weighted by molar-refractivity contribution is -0.201. The van der Waals surface area contributed by atoms with E-state index in [1.807, 2.05) is 0 Å². The van der Waals surface area contributed by atoms with E-state index in [2.05, 4.69) is 34.6 Å². The quantitative estimate of drug-likeness (QED) is 0.306. The first-order valence-corrected chi connectivity index (χ1v) is 14.9. The van der Waals surface area contributed by atoms with E-state index in [-0.39, 0.29) is 12.1 Å². The molecule has 0 aromatic rings. The van der Waals surface area contributed by atoms with Gasteiger partial charge in [-0.25, -0.2) is 0 Å². The molecule has 5 fully saturated rings. The monoisotopic (exact) mass is 456 g/mol. The van der Waals surface area contributed by atoms with E-state index in [1.54, 1.807) is 0 Å². The molecule has 0 saturated heterocycles. The molecule has 5 saturated carbocycles. The molecule has 5 rings (SSSR count). The number of carbonyl (C=O) groups is 1. The Balaban J connectivity index is 1.30. The van der Waals surface area contributed by atoms with E-state index in [4.69, 9.17) is 4.74 Å². The molecule has 2 nitrogen and oxygen atoms in total. The summed E-state index contributed by atoms with van der Waals surface area (Å²) in [5.74, 6) is 5.17. The Morgan fingerprint density at radius 3 is 2.33 bits per heavy atom. The van der Waals surface area contributed by atoms with Crippen LogP contribution < -0.4 is 0 Å². The second kappa shape index (κ2) is 8.85. The fourth-order valence-corrected chi connectivity index (χ4v) is 11.1. The van der Waals surface area contributed by atoms with Crippen LogP contribution in [0, 0.1) is 51.8 Å². The number of unbranched alkanes of at least 4 members (excludes halogenated alkanes) is 2. The molecule has 0 heterocycles. The summed E-state index contributed by atoms with van der Waals surface area (Å²) in [6.07, 6.45) is 19.7. The summed E-state index contributed by atoms with van der Waals surface area (Å²) in [6.45, 7) is 12.7. The van der Waals surface area contributed by atoms with E-state index in [0.717, 1.165) is 55.3 Å². The summed E-state index contributed by atoms with van der Waals surface area (Å²) in [4.78, 5) is 12.5. The smallest absolute Gasteiger partial charge is 0.306 e. The van der Waals surface area contributed by atoms with E-state index in [9.17, 15) is 4.79 Å². The van der Waals surface area contributed by atoms with Crippen molar-refractivity contribution in [2.24, 2.45) is 51.8 Å². The summed E-state index contributed by atoms with van der Waals surface area (Å²) in [6, 6.07) is 0. The average molecular weight is 457 g/mol. The van der Waals surface area contributed by atoms with Crippen LogP contribution in [0.15, 0.2) is 0 Å². The molecule has 0 bridgehead atoms. The number of hydrogen-bond acceptors (Lipinski definition) is 2. The van der Waals surface area contributed by atoms with Crippen LogP contribution in [0.5, 0.6) is 0 Å². The molecule has 188 valence electrons. The molecule has 0 radical (unpaired) electrons. The van der Waals surface area contributed by atoms with Crippen molar-refractivity contribution in [3.8, 4) is 0 Å².